The highest BCUT2D eigenvalue weighted by molar-refractivity contribution is 5.49. The average molecular weight is 310 g/mol. The summed E-state index contributed by atoms with van der Waals surface area (Å²) in [6, 6.07) is 2.72. The van der Waals surface area contributed by atoms with Gasteiger partial charge in [-0.3, -0.25) is 0 Å². The number of aryl methyl sites for hydroxylation is 1. The van der Waals surface area contributed by atoms with Crippen LogP contribution >= 0.6 is 0 Å². The molecule has 0 spiro atoms. The maximum atomic E-state index is 14.2. The topological polar surface area (TPSA) is 82.2 Å². The standard InChI is InChI=1S/C14H19FN4O3/c1-8(2)10-5-12(19-14(21)18(4)16-17-19)13(6-11(10)15)22-7-9(3)20/h5-6,8-9,20H,7H2,1-4H3. The second-order valence-electron chi connectivity index (χ2n) is 5.45. The SMILES string of the molecule is CC(O)COc1cc(F)c(C(C)C)cc1-n1nnn(C)c1=O. The number of ether oxygens (including phenoxy) is 1. The first-order chi connectivity index (χ1) is 10.3. The molecule has 8 heteroatoms. The lowest BCUT2D eigenvalue weighted by molar-refractivity contribution is 0.122. The summed E-state index contributed by atoms with van der Waals surface area (Å²) in [5, 5.41) is 16.7. The van der Waals surface area contributed by atoms with E-state index in [-0.39, 0.29) is 18.3 Å². The Hall–Kier alpha value is -2.22. The Morgan fingerprint density at radius 3 is 2.50 bits per heavy atom. The second-order valence-corrected chi connectivity index (χ2v) is 5.45. The number of hydrogen-bond donors (Lipinski definition) is 1. The Balaban J connectivity index is 2.59. The highest BCUT2D eigenvalue weighted by atomic mass is 19.1. The summed E-state index contributed by atoms with van der Waals surface area (Å²) in [6.45, 7) is 5.21. The molecule has 0 saturated carbocycles. The van der Waals surface area contributed by atoms with E-state index in [9.17, 15) is 14.3 Å². The van der Waals surface area contributed by atoms with Crippen molar-refractivity contribution in [3.8, 4) is 11.4 Å². The maximum absolute atomic E-state index is 14.2. The Bertz CT molecular complexity index is 721. The first kappa shape index (κ1) is 16.2. The Morgan fingerprint density at radius 2 is 2.00 bits per heavy atom. The van der Waals surface area contributed by atoms with Crippen molar-refractivity contribution < 1.29 is 14.2 Å². The zero-order valence-electron chi connectivity index (χ0n) is 12.9. The van der Waals surface area contributed by atoms with Crippen molar-refractivity contribution in [3.63, 3.8) is 0 Å². The summed E-state index contributed by atoms with van der Waals surface area (Å²) in [6.07, 6.45) is -0.723. The number of aliphatic hydroxyl groups excluding tert-OH is 1. The van der Waals surface area contributed by atoms with Crippen LogP contribution in [0.25, 0.3) is 5.69 Å². The van der Waals surface area contributed by atoms with Crippen molar-refractivity contribution in [2.45, 2.75) is 32.8 Å². The minimum absolute atomic E-state index is 0.0253. The average Bonchev–Trinajstić information content (AvgIpc) is 2.76. The predicted molar refractivity (Wildman–Crippen MR) is 77.8 cm³/mol. The van der Waals surface area contributed by atoms with Crippen LogP contribution in [-0.2, 0) is 7.05 Å². The van der Waals surface area contributed by atoms with Crippen molar-refractivity contribution in [2.75, 3.05) is 6.61 Å². The second kappa shape index (κ2) is 6.27. The van der Waals surface area contributed by atoms with Gasteiger partial charge in [0.15, 0.2) is 0 Å². The molecule has 1 N–H and O–H groups in total. The Labute approximate surface area is 126 Å². The van der Waals surface area contributed by atoms with Crippen LogP contribution in [0.5, 0.6) is 5.75 Å². The molecule has 0 saturated heterocycles. The van der Waals surface area contributed by atoms with E-state index in [0.717, 1.165) is 9.36 Å². The zero-order valence-corrected chi connectivity index (χ0v) is 12.9. The van der Waals surface area contributed by atoms with Gasteiger partial charge >= 0.3 is 5.69 Å². The summed E-state index contributed by atoms with van der Waals surface area (Å²) < 4.78 is 21.7. The van der Waals surface area contributed by atoms with E-state index >= 15 is 0 Å². The largest absolute Gasteiger partial charge is 0.489 e. The van der Waals surface area contributed by atoms with Gasteiger partial charge in [0.25, 0.3) is 0 Å². The summed E-state index contributed by atoms with van der Waals surface area (Å²) in [5.41, 5.74) is 0.268. The van der Waals surface area contributed by atoms with Crippen LogP contribution in [0.4, 0.5) is 4.39 Å². The lowest BCUT2D eigenvalue weighted by Gasteiger charge is -2.15. The minimum Gasteiger partial charge on any atom is -0.489 e. The molecular formula is C14H19FN4O3. The first-order valence-corrected chi connectivity index (χ1v) is 6.95. The molecule has 0 amide bonds. The quantitative estimate of drug-likeness (QED) is 0.890. The van der Waals surface area contributed by atoms with Crippen LogP contribution in [0.3, 0.4) is 0 Å². The lowest BCUT2D eigenvalue weighted by Crippen LogP contribution is -2.23. The molecule has 1 unspecified atom stereocenters. The first-order valence-electron chi connectivity index (χ1n) is 6.95. The number of tetrazole rings is 1. The lowest BCUT2D eigenvalue weighted by atomic mass is 10.0. The van der Waals surface area contributed by atoms with Gasteiger partial charge in [-0.25, -0.2) is 9.18 Å². The van der Waals surface area contributed by atoms with Gasteiger partial charge in [0.2, 0.25) is 0 Å². The molecule has 1 heterocycles. The van der Waals surface area contributed by atoms with Crippen molar-refractivity contribution >= 4 is 0 Å². The van der Waals surface area contributed by atoms with Crippen LogP contribution in [0.2, 0.25) is 0 Å². The third kappa shape index (κ3) is 3.16. The van der Waals surface area contributed by atoms with Crippen molar-refractivity contribution in [1.82, 2.24) is 19.8 Å². The van der Waals surface area contributed by atoms with E-state index in [0.29, 0.717) is 11.3 Å². The van der Waals surface area contributed by atoms with E-state index < -0.39 is 17.6 Å². The summed E-state index contributed by atoms with van der Waals surface area (Å²) >= 11 is 0. The van der Waals surface area contributed by atoms with E-state index in [1.54, 1.807) is 6.92 Å². The summed E-state index contributed by atoms with van der Waals surface area (Å²) in [4.78, 5) is 12.0. The highest BCUT2D eigenvalue weighted by Crippen LogP contribution is 2.29. The number of hydrogen-bond acceptors (Lipinski definition) is 5. The Kier molecular flexibility index (Phi) is 4.60. The summed E-state index contributed by atoms with van der Waals surface area (Å²) in [7, 11) is 1.47. The molecule has 0 fully saturated rings. The molecule has 22 heavy (non-hydrogen) atoms. The van der Waals surface area contributed by atoms with Crippen molar-refractivity contribution in [2.24, 2.45) is 7.05 Å². The molecule has 0 aliphatic rings. The van der Waals surface area contributed by atoms with Crippen LogP contribution in [0.1, 0.15) is 32.3 Å². The third-order valence-electron chi connectivity index (χ3n) is 3.13. The van der Waals surface area contributed by atoms with Crippen molar-refractivity contribution in [1.29, 1.82) is 0 Å². The number of nitrogens with zero attached hydrogens (tertiary/aromatic N) is 4. The van der Waals surface area contributed by atoms with Gasteiger partial charge < -0.3 is 9.84 Å². The van der Waals surface area contributed by atoms with Gasteiger partial charge in [0.1, 0.15) is 23.9 Å². The molecule has 0 aliphatic carbocycles. The fourth-order valence-electron chi connectivity index (χ4n) is 1.96. The number of halogens is 1. The molecule has 2 rings (SSSR count). The van der Waals surface area contributed by atoms with Gasteiger partial charge in [0.05, 0.1) is 6.10 Å². The minimum atomic E-state index is -0.723. The number of aliphatic hydroxyl groups is 1. The molecular weight excluding hydrogens is 291 g/mol. The van der Waals surface area contributed by atoms with Crippen LogP contribution in [0.15, 0.2) is 16.9 Å². The zero-order chi connectivity index (χ0) is 16.4. The third-order valence-corrected chi connectivity index (χ3v) is 3.13. The Morgan fingerprint density at radius 1 is 1.32 bits per heavy atom. The molecule has 120 valence electrons. The van der Waals surface area contributed by atoms with Gasteiger partial charge in [-0.15, -0.1) is 0 Å². The molecule has 1 aromatic heterocycles. The summed E-state index contributed by atoms with van der Waals surface area (Å²) in [5.74, 6) is -0.376. The molecule has 0 bridgehead atoms. The van der Waals surface area contributed by atoms with Gasteiger partial charge in [-0.1, -0.05) is 13.8 Å². The van der Waals surface area contributed by atoms with Crippen LogP contribution in [0, 0.1) is 5.82 Å². The number of rotatable bonds is 5. The molecule has 7 nitrogen and oxygen atoms in total. The van der Waals surface area contributed by atoms with E-state index in [1.807, 2.05) is 13.8 Å². The number of benzene rings is 1. The van der Waals surface area contributed by atoms with Crippen LogP contribution in [-0.4, -0.2) is 37.6 Å². The van der Waals surface area contributed by atoms with Crippen molar-refractivity contribution in [3.05, 3.63) is 34.0 Å². The fourth-order valence-corrected chi connectivity index (χ4v) is 1.96. The predicted octanol–water partition coefficient (Wildman–Crippen LogP) is 0.988. The van der Waals surface area contributed by atoms with Gasteiger partial charge in [-0.2, -0.15) is 9.36 Å². The normalized spacial score (nSPS) is 12.7. The molecule has 2 aromatic rings. The van der Waals surface area contributed by atoms with E-state index in [2.05, 4.69) is 10.4 Å². The van der Waals surface area contributed by atoms with E-state index in [1.165, 1.54) is 19.2 Å². The van der Waals surface area contributed by atoms with Gasteiger partial charge in [-0.05, 0) is 34.9 Å². The molecule has 0 aliphatic heterocycles. The van der Waals surface area contributed by atoms with Crippen LogP contribution < -0.4 is 10.4 Å². The van der Waals surface area contributed by atoms with Gasteiger partial charge in [0, 0.05) is 13.1 Å². The maximum Gasteiger partial charge on any atom is 0.368 e. The van der Waals surface area contributed by atoms with E-state index in [4.69, 9.17) is 4.74 Å². The smallest absolute Gasteiger partial charge is 0.368 e. The molecule has 1 atom stereocenters. The molecule has 1 aromatic carbocycles. The number of aromatic nitrogens is 4. The fraction of sp³-hybridized carbons (Fsp3) is 0.500. The highest BCUT2D eigenvalue weighted by Gasteiger charge is 2.18. The monoisotopic (exact) mass is 310 g/mol. The molecule has 0 radical (unpaired) electrons.